The molecular weight excluding hydrogens is 537 g/mol. The second kappa shape index (κ2) is 12.6. The fourth-order valence-corrected chi connectivity index (χ4v) is 4.38. The molecule has 0 aliphatic rings. The number of hydrogen-bond donors (Lipinski definition) is 1. The number of nitrogens with zero attached hydrogens (tertiary/aromatic N) is 4. The van der Waals surface area contributed by atoms with Gasteiger partial charge in [-0.15, -0.1) is 5.10 Å². The largest absolute Gasteiger partial charge is 0.490 e. The predicted octanol–water partition coefficient (Wildman–Crippen LogP) is 5.53. The van der Waals surface area contributed by atoms with Crippen LogP contribution < -0.4 is 14.8 Å². The first-order valence-corrected chi connectivity index (χ1v) is 12.6. The minimum absolute atomic E-state index is 0.361. The van der Waals surface area contributed by atoms with Gasteiger partial charge in [0.25, 0.3) is 0 Å². The lowest BCUT2D eigenvalue weighted by atomic mass is 10.2. The molecule has 0 saturated heterocycles. The van der Waals surface area contributed by atoms with Gasteiger partial charge in [-0.2, -0.15) is 0 Å². The minimum atomic E-state index is 0.361. The number of thioether (sulfide) groups is 1. The van der Waals surface area contributed by atoms with Crippen molar-refractivity contribution in [3.8, 4) is 11.5 Å². The molecule has 1 N–H and O–H groups in total. The molecule has 1 aromatic heterocycles. The molecule has 0 amide bonds. The summed E-state index contributed by atoms with van der Waals surface area (Å²) in [7, 11) is 1.84. The smallest absolute Gasteiger partial charge is 0.209 e. The first-order chi connectivity index (χ1) is 15.5. The van der Waals surface area contributed by atoms with E-state index in [0.717, 1.165) is 39.5 Å². The van der Waals surface area contributed by atoms with Gasteiger partial charge in [-0.3, -0.25) is 0 Å². The van der Waals surface area contributed by atoms with Crippen molar-refractivity contribution in [1.29, 1.82) is 0 Å². The van der Waals surface area contributed by atoms with Crippen LogP contribution in [0.5, 0.6) is 11.5 Å². The maximum absolute atomic E-state index is 6.10. The van der Waals surface area contributed by atoms with Crippen LogP contribution in [0, 0.1) is 0 Å². The van der Waals surface area contributed by atoms with Crippen molar-refractivity contribution in [2.75, 3.05) is 18.9 Å². The van der Waals surface area contributed by atoms with E-state index >= 15 is 0 Å². The van der Waals surface area contributed by atoms with Crippen molar-refractivity contribution in [3.63, 3.8) is 0 Å². The van der Waals surface area contributed by atoms with E-state index < -0.39 is 0 Å². The molecule has 3 rings (SSSR count). The zero-order chi connectivity index (χ0) is 22.9. The van der Waals surface area contributed by atoms with Gasteiger partial charge in [0.15, 0.2) is 11.5 Å². The van der Waals surface area contributed by atoms with Crippen molar-refractivity contribution in [1.82, 2.24) is 25.5 Å². The third kappa shape index (κ3) is 7.25. The molecule has 2 aromatic carbocycles. The molecule has 0 atom stereocenters. The lowest BCUT2D eigenvalue weighted by molar-refractivity contribution is 0.269. The lowest BCUT2D eigenvalue weighted by Crippen LogP contribution is -2.16. The first-order valence-electron chi connectivity index (χ1n) is 10.1. The van der Waals surface area contributed by atoms with Crippen LogP contribution in [0.4, 0.5) is 0 Å². The van der Waals surface area contributed by atoms with Crippen LogP contribution in [-0.2, 0) is 20.2 Å². The molecule has 11 heteroatoms. The Balaban J connectivity index is 1.53. The highest BCUT2D eigenvalue weighted by Gasteiger charge is 2.12. The van der Waals surface area contributed by atoms with Crippen LogP contribution in [0.25, 0.3) is 0 Å². The van der Waals surface area contributed by atoms with Crippen LogP contribution in [-0.4, -0.2) is 39.1 Å². The fraction of sp³-hybridized carbons (Fsp3) is 0.381. The third-order valence-electron chi connectivity index (χ3n) is 4.42. The maximum Gasteiger partial charge on any atom is 0.209 e. The van der Waals surface area contributed by atoms with Gasteiger partial charge in [0.1, 0.15) is 6.61 Å². The summed E-state index contributed by atoms with van der Waals surface area (Å²) in [6.45, 7) is 4.45. The number of benzene rings is 2. The van der Waals surface area contributed by atoms with E-state index in [1.165, 1.54) is 0 Å². The Labute approximate surface area is 210 Å². The van der Waals surface area contributed by atoms with E-state index in [1.807, 2.05) is 32.2 Å². The van der Waals surface area contributed by atoms with Crippen LogP contribution >= 0.6 is 50.9 Å². The molecule has 0 saturated carbocycles. The molecule has 0 aliphatic heterocycles. The summed E-state index contributed by atoms with van der Waals surface area (Å²) in [5, 5.41) is 16.8. The number of aryl methyl sites for hydroxylation is 1. The number of halogens is 3. The van der Waals surface area contributed by atoms with Crippen LogP contribution in [0.3, 0.4) is 0 Å². The van der Waals surface area contributed by atoms with E-state index in [2.05, 4.69) is 36.8 Å². The summed E-state index contributed by atoms with van der Waals surface area (Å²) in [4.78, 5) is 0. The number of ether oxygens (including phenoxy) is 2. The Hall–Kier alpha value is -1.52. The van der Waals surface area contributed by atoms with E-state index in [9.17, 15) is 0 Å². The van der Waals surface area contributed by atoms with E-state index in [-0.39, 0.29) is 0 Å². The second-order valence-electron chi connectivity index (χ2n) is 6.82. The Morgan fingerprint density at radius 1 is 1.12 bits per heavy atom. The highest BCUT2D eigenvalue weighted by Crippen LogP contribution is 2.35. The van der Waals surface area contributed by atoms with Gasteiger partial charge in [-0.1, -0.05) is 57.0 Å². The first kappa shape index (κ1) is 25.1. The molecule has 0 radical (unpaired) electrons. The number of nitrogens with one attached hydrogen (secondary N) is 1. The molecule has 0 aliphatic carbocycles. The topological polar surface area (TPSA) is 74.1 Å². The van der Waals surface area contributed by atoms with Crippen LogP contribution in [0.2, 0.25) is 10.0 Å². The normalized spacial score (nSPS) is 11.0. The van der Waals surface area contributed by atoms with E-state index in [1.54, 1.807) is 28.6 Å². The molecule has 0 fully saturated rings. The second-order valence-corrected chi connectivity index (χ2v) is 9.56. The van der Waals surface area contributed by atoms with Crippen molar-refractivity contribution >= 4 is 50.9 Å². The van der Waals surface area contributed by atoms with Crippen molar-refractivity contribution < 1.29 is 9.47 Å². The highest BCUT2D eigenvalue weighted by atomic mass is 79.9. The van der Waals surface area contributed by atoms with Crippen molar-refractivity contribution in [3.05, 3.63) is 56.0 Å². The monoisotopic (exact) mass is 559 g/mol. The summed E-state index contributed by atoms with van der Waals surface area (Å²) in [5.41, 5.74) is 2.03. The van der Waals surface area contributed by atoms with Gasteiger partial charge in [-0.25, -0.2) is 4.68 Å². The van der Waals surface area contributed by atoms with Gasteiger partial charge in [-0.05, 0) is 65.7 Å². The van der Waals surface area contributed by atoms with E-state index in [0.29, 0.717) is 41.3 Å². The van der Waals surface area contributed by atoms with Crippen molar-refractivity contribution in [2.24, 2.45) is 7.05 Å². The molecule has 3 aromatic rings. The zero-order valence-corrected chi connectivity index (χ0v) is 21.7. The number of hydrogen-bond acceptors (Lipinski definition) is 7. The molecule has 0 unspecified atom stereocenters. The molecule has 0 spiro atoms. The SMILES string of the molecule is CCOc1cc(CNCCCSc2nnnn2C)c(Br)cc1OCc1ccc(Cl)c(Cl)c1. The van der Waals surface area contributed by atoms with Crippen LogP contribution in [0.1, 0.15) is 24.5 Å². The number of rotatable bonds is 12. The Bertz CT molecular complexity index is 1040. The quantitative estimate of drug-likeness (QED) is 0.230. The summed E-state index contributed by atoms with van der Waals surface area (Å²) in [5.74, 6) is 2.31. The molecule has 1 heterocycles. The van der Waals surface area contributed by atoms with Gasteiger partial charge >= 0.3 is 0 Å². The molecule has 0 bridgehead atoms. The van der Waals surface area contributed by atoms with Gasteiger partial charge in [0, 0.05) is 23.8 Å². The van der Waals surface area contributed by atoms with E-state index in [4.69, 9.17) is 32.7 Å². The predicted molar refractivity (Wildman–Crippen MR) is 132 cm³/mol. The van der Waals surface area contributed by atoms with Crippen LogP contribution in [0.15, 0.2) is 40.0 Å². The molecule has 172 valence electrons. The Morgan fingerprint density at radius 2 is 1.94 bits per heavy atom. The molecule has 32 heavy (non-hydrogen) atoms. The summed E-state index contributed by atoms with van der Waals surface area (Å²) >= 11 is 17.4. The minimum Gasteiger partial charge on any atom is -0.490 e. The van der Waals surface area contributed by atoms with Gasteiger partial charge in [0.2, 0.25) is 5.16 Å². The van der Waals surface area contributed by atoms with Gasteiger partial charge in [0.05, 0.1) is 16.7 Å². The molecule has 7 nitrogen and oxygen atoms in total. The Kier molecular flexibility index (Phi) is 9.92. The summed E-state index contributed by atoms with van der Waals surface area (Å²) < 4.78 is 14.5. The average Bonchev–Trinajstić information content (AvgIpc) is 3.18. The van der Waals surface area contributed by atoms with Gasteiger partial charge < -0.3 is 14.8 Å². The zero-order valence-electron chi connectivity index (χ0n) is 17.8. The average molecular weight is 561 g/mol. The number of aromatic nitrogens is 4. The highest BCUT2D eigenvalue weighted by molar-refractivity contribution is 9.10. The summed E-state index contributed by atoms with van der Waals surface area (Å²) in [6.07, 6.45) is 0.998. The standard InChI is InChI=1S/C21H24BrCl2N5O2S/c1-3-30-19-10-15(12-25-7-4-8-32-21-26-27-28-29(21)2)16(22)11-20(19)31-13-14-5-6-17(23)18(24)9-14/h5-6,9-11,25H,3-4,7-8,12-13H2,1-2H3. The maximum atomic E-state index is 6.10. The molecular formula is C21H24BrCl2N5O2S. The Morgan fingerprint density at radius 3 is 2.66 bits per heavy atom. The number of tetrazole rings is 1. The third-order valence-corrected chi connectivity index (χ3v) is 6.99. The lowest BCUT2D eigenvalue weighted by Gasteiger charge is -2.16. The fourth-order valence-electron chi connectivity index (χ4n) is 2.81. The summed E-state index contributed by atoms with van der Waals surface area (Å²) in [6, 6.07) is 9.40. The van der Waals surface area contributed by atoms with Crippen molar-refractivity contribution in [2.45, 2.75) is 31.7 Å².